The number of hydrogen-bond donors (Lipinski definition) is 2. The molecule has 0 fully saturated rings. The van der Waals surface area contributed by atoms with Crippen molar-refractivity contribution >= 4 is 11.9 Å². The molecule has 0 radical (unpaired) electrons. The zero-order valence-corrected chi connectivity index (χ0v) is 15.0. The fraction of sp³-hybridized carbons (Fsp3) is 0.0909. The van der Waals surface area contributed by atoms with Gasteiger partial charge in [0.2, 0.25) is 0 Å². The van der Waals surface area contributed by atoms with Crippen molar-refractivity contribution in [3.8, 4) is 0 Å². The molecule has 0 aromatic heterocycles. The van der Waals surface area contributed by atoms with E-state index in [1.165, 1.54) is 5.56 Å². The van der Waals surface area contributed by atoms with Crippen molar-refractivity contribution in [2.24, 2.45) is 0 Å². The zero-order chi connectivity index (χ0) is 19.9. The molecule has 0 aliphatic heterocycles. The average Bonchev–Trinajstić information content (AvgIpc) is 2.71. The van der Waals surface area contributed by atoms with Gasteiger partial charge in [0.1, 0.15) is 0 Å². The molecular weight excluding hydrogens is 344 g/mol. The monoisotopic (exact) mass is 366 g/mol. The maximum absolute atomic E-state index is 10.2. The van der Waals surface area contributed by atoms with E-state index in [0.29, 0.717) is 17.7 Å². The first-order valence-electron chi connectivity index (χ1n) is 8.14. The molecule has 140 valence electrons. The first-order chi connectivity index (χ1) is 13.0. The number of ether oxygens (including phenoxy) is 1. The van der Waals surface area contributed by atoms with Gasteiger partial charge in [-0.3, -0.25) is 0 Å². The van der Waals surface area contributed by atoms with Gasteiger partial charge in [0.25, 0.3) is 0 Å². The number of methoxy groups -OCH3 is 1. The van der Waals surface area contributed by atoms with Gasteiger partial charge >= 0.3 is 11.9 Å². The molecule has 2 N–H and O–H groups in total. The first kappa shape index (κ1) is 21.6. The Labute approximate surface area is 158 Å². The molecule has 5 heteroatoms. The SMILES string of the molecule is COCc1ccccc1.O=C(O)c1ccccc1.O=C(O)c1ccccc1. The second kappa shape index (κ2) is 12.9. The Morgan fingerprint density at radius 2 is 1.00 bits per heavy atom. The molecule has 0 atom stereocenters. The second-order valence-corrected chi connectivity index (χ2v) is 5.26. The summed E-state index contributed by atoms with van der Waals surface area (Å²) in [5.41, 5.74) is 1.88. The van der Waals surface area contributed by atoms with Crippen molar-refractivity contribution in [3.05, 3.63) is 108 Å². The number of carboxylic acids is 2. The minimum absolute atomic E-state index is 0.331. The largest absolute Gasteiger partial charge is 0.478 e. The van der Waals surface area contributed by atoms with Crippen LogP contribution < -0.4 is 0 Å². The lowest BCUT2D eigenvalue weighted by atomic mass is 10.2. The Morgan fingerprint density at radius 1 is 0.667 bits per heavy atom. The third kappa shape index (κ3) is 9.57. The third-order valence-corrected chi connectivity index (χ3v) is 3.20. The quantitative estimate of drug-likeness (QED) is 0.705. The van der Waals surface area contributed by atoms with Gasteiger partial charge in [-0.25, -0.2) is 9.59 Å². The highest BCUT2D eigenvalue weighted by Gasteiger charge is 1.97. The van der Waals surface area contributed by atoms with Gasteiger partial charge in [0, 0.05) is 7.11 Å². The maximum Gasteiger partial charge on any atom is 0.335 e. The molecule has 0 saturated carbocycles. The molecule has 3 rings (SSSR count). The Bertz CT molecular complexity index is 737. The van der Waals surface area contributed by atoms with E-state index in [9.17, 15) is 9.59 Å². The van der Waals surface area contributed by atoms with Gasteiger partial charge in [-0.1, -0.05) is 66.7 Å². The molecule has 27 heavy (non-hydrogen) atoms. The molecule has 0 aliphatic rings. The number of carbonyl (C=O) groups is 2. The smallest absolute Gasteiger partial charge is 0.335 e. The van der Waals surface area contributed by atoms with Crippen LogP contribution in [-0.2, 0) is 11.3 Å². The Kier molecular flexibility index (Phi) is 10.3. The predicted octanol–water partition coefficient (Wildman–Crippen LogP) is 4.60. The molecule has 0 bridgehead atoms. The Balaban J connectivity index is 0.000000202. The molecule has 0 heterocycles. The molecule has 0 amide bonds. The summed E-state index contributed by atoms with van der Waals surface area (Å²) in [4.78, 5) is 20.4. The van der Waals surface area contributed by atoms with Crippen molar-refractivity contribution in [2.45, 2.75) is 6.61 Å². The summed E-state index contributed by atoms with van der Waals surface area (Å²) in [6.45, 7) is 0.709. The summed E-state index contributed by atoms with van der Waals surface area (Å²) < 4.78 is 4.93. The van der Waals surface area contributed by atoms with Crippen molar-refractivity contribution < 1.29 is 24.5 Å². The van der Waals surface area contributed by atoms with Crippen LogP contribution in [0.25, 0.3) is 0 Å². The van der Waals surface area contributed by atoms with E-state index in [-0.39, 0.29) is 0 Å². The van der Waals surface area contributed by atoms with E-state index >= 15 is 0 Å². The highest BCUT2D eigenvalue weighted by molar-refractivity contribution is 5.87. The number of aromatic carboxylic acids is 2. The zero-order valence-electron chi connectivity index (χ0n) is 15.0. The van der Waals surface area contributed by atoms with Crippen LogP contribution in [0.3, 0.4) is 0 Å². The van der Waals surface area contributed by atoms with E-state index < -0.39 is 11.9 Å². The summed E-state index contributed by atoms with van der Waals surface area (Å²) in [5, 5.41) is 16.8. The minimum Gasteiger partial charge on any atom is -0.478 e. The van der Waals surface area contributed by atoms with Gasteiger partial charge in [-0.15, -0.1) is 0 Å². The summed E-state index contributed by atoms with van der Waals surface area (Å²) in [5.74, 6) is -1.76. The molecule has 0 unspecified atom stereocenters. The molecule has 5 nitrogen and oxygen atoms in total. The van der Waals surface area contributed by atoms with Crippen molar-refractivity contribution in [1.29, 1.82) is 0 Å². The number of hydrogen-bond acceptors (Lipinski definition) is 3. The van der Waals surface area contributed by atoms with Crippen molar-refractivity contribution in [3.63, 3.8) is 0 Å². The third-order valence-electron chi connectivity index (χ3n) is 3.20. The highest BCUT2D eigenvalue weighted by Crippen LogP contribution is 1.98. The molecule has 0 saturated heterocycles. The van der Waals surface area contributed by atoms with Crippen LogP contribution in [0.5, 0.6) is 0 Å². The van der Waals surface area contributed by atoms with E-state index in [4.69, 9.17) is 14.9 Å². The van der Waals surface area contributed by atoms with E-state index in [1.807, 2.05) is 30.3 Å². The van der Waals surface area contributed by atoms with Crippen molar-refractivity contribution in [2.75, 3.05) is 7.11 Å². The predicted molar refractivity (Wildman–Crippen MR) is 104 cm³/mol. The lowest BCUT2D eigenvalue weighted by Gasteiger charge is -1.95. The van der Waals surface area contributed by atoms with Crippen LogP contribution in [0.2, 0.25) is 0 Å². The van der Waals surface area contributed by atoms with Crippen LogP contribution in [0.1, 0.15) is 26.3 Å². The maximum atomic E-state index is 10.2. The van der Waals surface area contributed by atoms with Crippen LogP contribution in [-0.4, -0.2) is 29.3 Å². The van der Waals surface area contributed by atoms with Crippen molar-refractivity contribution in [1.82, 2.24) is 0 Å². The fourth-order valence-electron chi connectivity index (χ4n) is 1.90. The van der Waals surface area contributed by atoms with Crippen LogP contribution in [0.15, 0.2) is 91.0 Å². The van der Waals surface area contributed by atoms with E-state index in [1.54, 1.807) is 67.8 Å². The molecule has 0 aliphatic carbocycles. The van der Waals surface area contributed by atoms with Gasteiger partial charge in [-0.2, -0.15) is 0 Å². The molecule has 3 aromatic carbocycles. The second-order valence-electron chi connectivity index (χ2n) is 5.26. The molecular formula is C22H22O5. The lowest BCUT2D eigenvalue weighted by molar-refractivity contribution is 0.0686. The van der Waals surface area contributed by atoms with Crippen LogP contribution >= 0.6 is 0 Å². The summed E-state index contributed by atoms with van der Waals surface area (Å²) in [7, 11) is 1.70. The van der Waals surface area contributed by atoms with Crippen LogP contribution in [0.4, 0.5) is 0 Å². The standard InChI is InChI=1S/C8H10O.2C7H6O2/c1-9-7-8-5-3-2-4-6-8;2*8-7(9)6-4-2-1-3-5-6/h2-6H,7H2,1H3;2*1-5H,(H,8,9). The van der Waals surface area contributed by atoms with Gasteiger partial charge < -0.3 is 14.9 Å². The number of benzene rings is 3. The number of rotatable bonds is 4. The lowest BCUT2D eigenvalue weighted by Crippen LogP contribution is -1.93. The molecule has 3 aromatic rings. The summed E-state index contributed by atoms with van der Waals surface area (Å²) in [6.07, 6.45) is 0. The Morgan fingerprint density at radius 3 is 1.26 bits per heavy atom. The fourth-order valence-corrected chi connectivity index (χ4v) is 1.90. The minimum atomic E-state index is -0.879. The van der Waals surface area contributed by atoms with Gasteiger partial charge in [-0.05, 0) is 29.8 Å². The highest BCUT2D eigenvalue weighted by atomic mass is 16.5. The Hall–Kier alpha value is -3.44. The van der Waals surface area contributed by atoms with Crippen LogP contribution in [0, 0.1) is 0 Å². The van der Waals surface area contributed by atoms with E-state index in [0.717, 1.165) is 0 Å². The topological polar surface area (TPSA) is 83.8 Å². The summed E-state index contributed by atoms with van der Waals surface area (Å²) >= 11 is 0. The van der Waals surface area contributed by atoms with E-state index in [2.05, 4.69) is 0 Å². The van der Waals surface area contributed by atoms with Gasteiger partial charge in [0.05, 0.1) is 17.7 Å². The normalized spacial score (nSPS) is 9.07. The first-order valence-corrected chi connectivity index (χ1v) is 8.14. The van der Waals surface area contributed by atoms with Gasteiger partial charge in [0.15, 0.2) is 0 Å². The summed E-state index contributed by atoms with van der Waals surface area (Å²) in [6, 6.07) is 26.7. The molecule has 0 spiro atoms. The number of carboxylic acid groups (broad SMARTS) is 2. The average molecular weight is 366 g/mol.